The number of rotatable bonds is 7. The fourth-order valence-corrected chi connectivity index (χ4v) is 2.92. The third-order valence-corrected chi connectivity index (χ3v) is 4.51. The number of thiophene rings is 1. The summed E-state index contributed by atoms with van der Waals surface area (Å²) >= 11 is 7.12. The van der Waals surface area contributed by atoms with Crippen molar-refractivity contribution in [2.75, 3.05) is 11.9 Å². The van der Waals surface area contributed by atoms with Gasteiger partial charge in [-0.15, -0.1) is 11.3 Å². The Morgan fingerprint density at radius 1 is 1.19 bits per heavy atom. The highest BCUT2D eigenvalue weighted by molar-refractivity contribution is 7.12. The predicted octanol–water partition coefficient (Wildman–Crippen LogP) is 3.34. The van der Waals surface area contributed by atoms with Crippen LogP contribution in [0.25, 0.3) is 0 Å². The summed E-state index contributed by atoms with van der Waals surface area (Å²) in [6.07, 6.45) is 0. The number of amides is 2. The molecule has 26 heavy (non-hydrogen) atoms. The second kappa shape index (κ2) is 9.35. The Labute approximate surface area is 160 Å². The van der Waals surface area contributed by atoms with Gasteiger partial charge in [0, 0.05) is 10.7 Å². The summed E-state index contributed by atoms with van der Waals surface area (Å²) in [6.45, 7) is 3.11. The van der Waals surface area contributed by atoms with Crippen molar-refractivity contribution in [3.63, 3.8) is 0 Å². The van der Waals surface area contributed by atoms with Crippen LogP contribution < -0.4 is 10.6 Å². The molecule has 0 spiro atoms. The first-order chi connectivity index (χ1) is 12.4. The second-order valence-corrected chi connectivity index (χ2v) is 7.22. The molecule has 0 saturated heterocycles. The van der Waals surface area contributed by atoms with Gasteiger partial charge in [-0.1, -0.05) is 37.6 Å². The Kier molecular flexibility index (Phi) is 7.17. The monoisotopic (exact) mass is 394 g/mol. The highest BCUT2D eigenvalue weighted by Crippen LogP contribution is 2.15. The van der Waals surface area contributed by atoms with Crippen LogP contribution in [0.4, 0.5) is 5.69 Å². The maximum absolute atomic E-state index is 12.3. The van der Waals surface area contributed by atoms with E-state index in [2.05, 4.69) is 10.6 Å². The van der Waals surface area contributed by atoms with Gasteiger partial charge in [-0.2, -0.15) is 0 Å². The largest absolute Gasteiger partial charge is 0.454 e. The molecule has 0 aliphatic heterocycles. The Morgan fingerprint density at radius 2 is 1.96 bits per heavy atom. The number of esters is 1. The maximum atomic E-state index is 12.3. The van der Waals surface area contributed by atoms with Crippen molar-refractivity contribution in [1.29, 1.82) is 0 Å². The van der Waals surface area contributed by atoms with E-state index in [1.54, 1.807) is 55.6 Å². The van der Waals surface area contributed by atoms with Gasteiger partial charge in [0.05, 0.1) is 4.88 Å². The topological polar surface area (TPSA) is 84.5 Å². The van der Waals surface area contributed by atoms with Gasteiger partial charge in [-0.3, -0.25) is 9.59 Å². The minimum atomic E-state index is -0.844. The summed E-state index contributed by atoms with van der Waals surface area (Å²) in [5.74, 6) is -1.69. The van der Waals surface area contributed by atoms with E-state index < -0.39 is 24.5 Å². The van der Waals surface area contributed by atoms with Crippen LogP contribution in [0, 0.1) is 5.92 Å². The van der Waals surface area contributed by atoms with Crippen molar-refractivity contribution in [1.82, 2.24) is 5.32 Å². The molecule has 1 atom stereocenters. The van der Waals surface area contributed by atoms with Crippen molar-refractivity contribution < 1.29 is 19.1 Å². The first kappa shape index (κ1) is 19.9. The van der Waals surface area contributed by atoms with Gasteiger partial charge in [-0.05, 0) is 35.6 Å². The number of carbonyl (C=O) groups excluding carboxylic acids is 3. The second-order valence-electron chi connectivity index (χ2n) is 5.84. The summed E-state index contributed by atoms with van der Waals surface area (Å²) in [5, 5.41) is 7.49. The third-order valence-electron chi connectivity index (χ3n) is 3.41. The van der Waals surface area contributed by atoms with Gasteiger partial charge in [0.1, 0.15) is 6.04 Å². The van der Waals surface area contributed by atoms with Crippen molar-refractivity contribution in [2.24, 2.45) is 5.92 Å². The quantitative estimate of drug-likeness (QED) is 0.705. The predicted molar refractivity (Wildman–Crippen MR) is 101 cm³/mol. The first-order valence-corrected chi connectivity index (χ1v) is 9.19. The summed E-state index contributed by atoms with van der Waals surface area (Å²) in [5.41, 5.74) is 0.505. The highest BCUT2D eigenvalue weighted by atomic mass is 35.5. The van der Waals surface area contributed by atoms with Crippen molar-refractivity contribution in [2.45, 2.75) is 19.9 Å². The van der Waals surface area contributed by atoms with Crippen LogP contribution in [-0.4, -0.2) is 30.4 Å². The lowest BCUT2D eigenvalue weighted by Crippen LogP contribution is -2.45. The molecule has 0 radical (unpaired) electrons. The third kappa shape index (κ3) is 5.86. The van der Waals surface area contributed by atoms with Crippen LogP contribution >= 0.6 is 22.9 Å². The molecule has 0 aliphatic carbocycles. The zero-order chi connectivity index (χ0) is 19.1. The van der Waals surface area contributed by atoms with E-state index in [9.17, 15) is 14.4 Å². The maximum Gasteiger partial charge on any atom is 0.329 e. The molecule has 2 N–H and O–H groups in total. The van der Waals surface area contributed by atoms with Crippen LogP contribution in [0.3, 0.4) is 0 Å². The highest BCUT2D eigenvalue weighted by Gasteiger charge is 2.27. The van der Waals surface area contributed by atoms with Gasteiger partial charge < -0.3 is 15.4 Å². The molecular formula is C18H19ClN2O4S. The van der Waals surface area contributed by atoms with E-state index in [-0.39, 0.29) is 11.8 Å². The SMILES string of the molecule is CC(C)[C@H](NC(=O)c1cccs1)C(=O)OCC(=O)Nc1cccc(Cl)c1. The van der Waals surface area contributed by atoms with Crippen LogP contribution in [0.2, 0.25) is 5.02 Å². The fraction of sp³-hybridized carbons (Fsp3) is 0.278. The Hall–Kier alpha value is -2.38. The van der Waals surface area contributed by atoms with E-state index in [4.69, 9.17) is 16.3 Å². The van der Waals surface area contributed by atoms with E-state index in [1.807, 2.05) is 0 Å². The molecule has 138 valence electrons. The van der Waals surface area contributed by atoms with E-state index in [1.165, 1.54) is 11.3 Å². The number of benzene rings is 1. The standard InChI is InChI=1S/C18H19ClN2O4S/c1-11(2)16(21-17(23)14-7-4-8-26-14)18(24)25-10-15(22)20-13-6-3-5-12(19)9-13/h3-9,11,16H,10H2,1-2H3,(H,20,22)(H,21,23)/t16-/m0/s1. The number of hydrogen-bond acceptors (Lipinski definition) is 5. The van der Waals surface area contributed by atoms with Crippen molar-refractivity contribution in [3.05, 3.63) is 51.7 Å². The molecule has 2 amide bonds. The van der Waals surface area contributed by atoms with Crippen LogP contribution in [0.1, 0.15) is 23.5 Å². The number of halogens is 1. The molecule has 6 nitrogen and oxygen atoms in total. The molecular weight excluding hydrogens is 376 g/mol. The molecule has 2 aromatic rings. The number of nitrogens with one attached hydrogen (secondary N) is 2. The lowest BCUT2D eigenvalue weighted by Gasteiger charge is -2.20. The number of hydrogen-bond donors (Lipinski definition) is 2. The lowest BCUT2D eigenvalue weighted by atomic mass is 10.0. The van der Waals surface area contributed by atoms with Gasteiger partial charge in [-0.25, -0.2) is 4.79 Å². The molecule has 0 fully saturated rings. The van der Waals surface area contributed by atoms with Crippen LogP contribution in [-0.2, 0) is 14.3 Å². The van der Waals surface area contributed by atoms with Gasteiger partial charge >= 0.3 is 5.97 Å². The molecule has 1 aromatic heterocycles. The van der Waals surface area contributed by atoms with Crippen LogP contribution in [0.15, 0.2) is 41.8 Å². The van der Waals surface area contributed by atoms with Crippen molar-refractivity contribution >= 4 is 46.4 Å². The molecule has 0 bridgehead atoms. The summed E-state index contributed by atoms with van der Waals surface area (Å²) in [6, 6.07) is 9.20. The van der Waals surface area contributed by atoms with Crippen LogP contribution in [0.5, 0.6) is 0 Å². The Morgan fingerprint density at radius 3 is 2.58 bits per heavy atom. The average Bonchev–Trinajstić information content (AvgIpc) is 3.12. The summed E-state index contributed by atoms with van der Waals surface area (Å²) < 4.78 is 5.05. The van der Waals surface area contributed by atoms with Gasteiger partial charge in [0.15, 0.2) is 6.61 Å². The van der Waals surface area contributed by atoms with E-state index >= 15 is 0 Å². The van der Waals surface area contributed by atoms with Crippen molar-refractivity contribution in [3.8, 4) is 0 Å². The average molecular weight is 395 g/mol. The van der Waals surface area contributed by atoms with Gasteiger partial charge in [0.2, 0.25) is 0 Å². The fourth-order valence-electron chi connectivity index (χ4n) is 2.11. The van der Waals surface area contributed by atoms with E-state index in [0.29, 0.717) is 15.6 Å². The number of carbonyl (C=O) groups is 3. The zero-order valence-electron chi connectivity index (χ0n) is 14.3. The molecule has 0 unspecified atom stereocenters. The Balaban J connectivity index is 1.88. The van der Waals surface area contributed by atoms with Gasteiger partial charge in [0.25, 0.3) is 11.8 Å². The first-order valence-electron chi connectivity index (χ1n) is 7.93. The summed E-state index contributed by atoms with van der Waals surface area (Å²) in [7, 11) is 0. The minimum Gasteiger partial charge on any atom is -0.454 e. The molecule has 0 saturated carbocycles. The number of ether oxygens (including phenoxy) is 1. The summed E-state index contributed by atoms with van der Waals surface area (Å²) in [4.78, 5) is 36.8. The molecule has 1 heterocycles. The van der Waals surface area contributed by atoms with E-state index in [0.717, 1.165) is 0 Å². The lowest BCUT2D eigenvalue weighted by molar-refractivity contribution is -0.150. The molecule has 0 aliphatic rings. The number of anilines is 1. The molecule has 8 heteroatoms. The molecule has 2 rings (SSSR count). The normalized spacial score (nSPS) is 11.7. The minimum absolute atomic E-state index is 0.192. The zero-order valence-corrected chi connectivity index (χ0v) is 15.9. The smallest absolute Gasteiger partial charge is 0.329 e. The Bertz CT molecular complexity index is 777. The molecule has 1 aromatic carbocycles.